The number of nitrogens with two attached hydrogens (primary N) is 1. The molecule has 0 atom stereocenters. The highest BCUT2D eigenvalue weighted by atomic mass is 35.5. The third-order valence-electron chi connectivity index (χ3n) is 5.09. The SMILES string of the molecule is Cl.Cl.NC1(C(=O)NCc2ccc(OCCN3CCCC3)cc2)CCOCC1. The maximum absolute atomic E-state index is 12.3. The van der Waals surface area contributed by atoms with Crippen molar-refractivity contribution in [1.29, 1.82) is 0 Å². The number of nitrogens with one attached hydrogen (secondary N) is 1. The lowest BCUT2D eigenvalue weighted by molar-refractivity contribution is -0.129. The molecule has 0 radical (unpaired) electrons. The summed E-state index contributed by atoms with van der Waals surface area (Å²) in [4.78, 5) is 14.7. The predicted octanol–water partition coefficient (Wildman–Crippen LogP) is 2.13. The van der Waals surface area contributed by atoms with Gasteiger partial charge in [-0.25, -0.2) is 0 Å². The molecule has 154 valence electrons. The van der Waals surface area contributed by atoms with Crippen LogP contribution in [0.15, 0.2) is 24.3 Å². The molecule has 1 aromatic carbocycles. The predicted molar refractivity (Wildman–Crippen MR) is 111 cm³/mol. The van der Waals surface area contributed by atoms with E-state index in [1.807, 2.05) is 24.3 Å². The molecule has 1 amide bonds. The van der Waals surface area contributed by atoms with Gasteiger partial charge in [-0.1, -0.05) is 12.1 Å². The van der Waals surface area contributed by atoms with Gasteiger partial charge in [0.1, 0.15) is 12.4 Å². The molecule has 3 N–H and O–H groups in total. The summed E-state index contributed by atoms with van der Waals surface area (Å²) in [5, 5.41) is 2.94. The summed E-state index contributed by atoms with van der Waals surface area (Å²) in [6.45, 7) is 5.66. The van der Waals surface area contributed by atoms with E-state index in [1.165, 1.54) is 25.9 Å². The highest BCUT2D eigenvalue weighted by molar-refractivity contribution is 5.86. The van der Waals surface area contributed by atoms with E-state index in [0.29, 0.717) is 39.2 Å². The van der Waals surface area contributed by atoms with E-state index < -0.39 is 5.54 Å². The standard InChI is InChI=1S/C19H29N3O3.2ClH/c20-19(7-12-24-13-8-19)18(23)21-15-16-3-5-17(6-4-16)25-14-11-22-9-1-2-10-22;;/h3-6H,1-2,7-15,20H2,(H,21,23);2*1H. The van der Waals surface area contributed by atoms with Gasteiger partial charge in [0.05, 0.1) is 5.54 Å². The Morgan fingerprint density at radius 3 is 2.41 bits per heavy atom. The maximum Gasteiger partial charge on any atom is 0.240 e. The van der Waals surface area contributed by atoms with Crippen LogP contribution in [0, 0.1) is 0 Å². The summed E-state index contributed by atoms with van der Waals surface area (Å²) in [5.41, 5.74) is 6.42. The summed E-state index contributed by atoms with van der Waals surface area (Å²) in [5.74, 6) is 0.774. The number of ether oxygens (including phenoxy) is 2. The van der Waals surface area contributed by atoms with Crippen LogP contribution in [-0.2, 0) is 16.1 Å². The quantitative estimate of drug-likeness (QED) is 0.707. The van der Waals surface area contributed by atoms with Gasteiger partial charge in [-0.05, 0) is 56.5 Å². The van der Waals surface area contributed by atoms with Crippen molar-refractivity contribution in [2.45, 2.75) is 37.8 Å². The monoisotopic (exact) mass is 419 g/mol. The Labute approximate surface area is 174 Å². The summed E-state index contributed by atoms with van der Waals surface area (Å²) in [6.07, 6.45) is 3.75. The van der Waals surface area contributed by atoms with E-state index in [-0.39, 0.29) is 30.7 Å². The fourth-order valence-corrected chi connectivity index (χ4v) is 3.32. The minimum Gasteiger partial charge on any atom is -0.492 e. The van der Waals surface area contributed by atoms with Crippen LogP contribution < -0.4 is 15.8 Å². The summed E-state index contributed by atoms with van der Waals surface area (Å²) >= 11 is 0. The largest absolute Gasteiger partial charge is 0.492 e. The van der Waals surface area contributed by atoms with Crippen LogP contribution in [0.4, 0.5) is 0 Å². The fourth-order valence-electron chi connectivity index (χ4n) is 3.32. The van der Waals surface area contributed by atoms with Crippen molar-refractivity contribution in [3.8, 4) is 5.75 Å². The molecule has 2 saturated heterocycles. The molecule has 6 nitrogen and oxygen atoms in total. The molecule has 8 heteroatoms. The lowest BCUT2D eigenvalue weighted by atomic mass is 9.90. The molecule has 2 aliphatic heterocycles. The first-order valence-electron chi connectivity index (χ1n) is 9.25. The number of rotatable bonds is 7. The average molecular weight is 420 g/mol. The zero-order valence-electron chi connectivity index (χ0n) is 15.7. The zero-order chi connectivity index (χ0) is 17.5. The van der Waals surface area contributed by atoms with Gasteiger partial charge in [0.15, 0.2) is 0 Å². The number of halogens is 2. The highest BCUT2D eigenvalue weighted by Crippen LogP contribution is 2.18. The van der Waals surface area contributed by atoms with Gasteiger partial charge in [0, 0.05) is 26.3 Å². The van der Waals surface area contributed by atoms with Crippen molar-refractivity contribution < 1.29 is 14.3 Å². The molecule has 3 rings (SSSR count). The van der Waals surface area contributed by atoms with Gasteiger partial charge in [-0.15, -0.1) is 24.8 Å². The molecule has 0 aromatic heterocycles. The molecule has 0 saturated carbocycles. The average Bonchev–Trinajstić information content (AvgIpc) is 3.15. The minimum atomic E-state index is -0.795. The van der Waals surface area contributed by atoms with Crippen LogP contribution in [0.2, 0.25) is 0 Å². The van der Waals surface area contributed by atoms with Crippen molar-refractivity contribution in [2.75, 3.05) is 39.5 Å². The number of nitrogens with zero attached hydrogens (tertiary/aromatic N) is 1. The van der Waals surface area contributed by atoms with E-state index in [9.17, 15) is 4.79 Å². The van der Waals surface area contributed by atoms with Crippen molar-refractivity contribution in [3.05, 3.63) is 29.8 Å². The Bertz CT molecular complexity index is 560. The fraction of sp³-hybridized carbons (Fsp3) is 0.632. The van der Waals surface area contributed by atoms with Gasteiger partial charge < -0.3 is 20.5 Å². The minimum absolute atomic E-state index is 0. The molecule has 2 fully saturated rings. The second-order valence-corrected chi connectivity index (χ2v) is 6.99. The Morgan fingerprint density at radius 2 is 1.78 bits per heavy atom. The lowest BCUT2D eigenvalue weighted by Gasteiger charge is -2.31. The summed E-state index contributed by atoms with van der Waals surface area (Å²) in [6, 6.07) is 7.88. The molecule has 0 bridgehead atoms. The number of benzene rings is 1. The lowest BCUT2D eigenvalue weighted by Crippen LogP contribution is -2.56. The molecule has 1 aromatic rings. The normalized spacial score (nSPS) is 18.9. The maximum atomic E-state index is 12.3. The van der Waals surface area contributed by atoms with Crippen molar-refractivity contribution in [1.82, 2.24) is 10.2 Å². The van der Waals surface area contributed by atoms with E-state index in [0.717, 1.165) is 17.9 Å². The van der Waals surface area contributed by atoms with Gasteiger partial charge in [0.25, 0.3) is 0 Å². The van der Waals surface area contributed by atoms with Crippen molar-refractivity contribution in [2.24, 2.45) is 5.73 Å². The molecule has 27 heavy (non-hydrogen) atoms. The van der Waals surface area contributed by atoms with Crippen molar-refractivity contribution in [3.63, 3.8) is 0 Å². The number of hydrogen-bond donors (Lipinski definition) is 2. The topological polar surface area (TPSA) is 76.8 Å². The van der Waals surface area contributed by atoms with Gasteiger partial charge in [0.2, 0.25) is 5.91 Å². The van der Waals surface area contributed by atoms with Crippen LogP contribution in [-0.4, -0.2) is 55.8 Å². The van der Waals surface area contributed by atoms with E-state index in [4.69, 9.17) is 15.2 Å². The third-order valence-corrected chi connectivity index (χ3v) is 5.09. The molecule has 2 heterocycles. The molecule has 2 aliphatic rings. The number of amides is 1. The summed E-state index contributed by atoms with van der Waals surface area (Å²) in [7, 11) is 0. The Hall–Kier alpha value is -1.05. The van der Waals surface area contributed by atoms with E-state index in [1.54, 1.807) is 0 Å². The second-order valence-electron chi connectivity index (χ2n) is 6.99. The molecular formula is C19H31Cl2N3O3. The van der Waals surface area contributed by atoms with Crippen molar-refractivity contribution >= 4 is 30.7 Å². The molecule has 0 aliphatic carbocycles. The Morgan fingerprint density at radius 1 is 1.15 bits per heavy atom. The first kappa shape index (κ1) is 24.0. The third kappa shape index (κ3) is 7.12. The Balaban J connectivity index is 0.00000182. The zero-order valence-corrected chi connectivity index (χ0v) is 17.3. The van der Waals surface area contributed by atoms with Crippen LogP contribution in [0.1, 0.15) is 31.2 Å². The first-order valence-corrected chi connectivity index (χ1v) is 9.25. The number of carbonyl (C=O) groups is 1. The summed E-state index contributed by atoms with van der Waals surface area (Å²) < 4.78 is 11.1. The van der Waals surface area contributed by atoms with Gasteiger partial charge in [-0.3, -0.25) is 9.69 Å². The number of likely N-dealkylation sites (tertiary alicyclic amines) is 1. The first-order chi connectivity index (χ1) is 12.2. The van der Waals surface area contributed by atoms with Gasteiger partial charge in [-0.2, -0.15) is 0 Å². The van der Waals surface area contributed by atoms with Gasteiger partial charge >= 0.3 is 0 Å². The Kier molecular flexibility index (Phi) is 10.4. The molecular weight excluding hydrogens is 389 g/mol. The number of hydrogen-bond acceptors (Lipinski definition) is 5. The van der Waals surface area contributed by atoms with Crippen LogP contribution >= 0.6 is 24.8 Å². The molecule has 0 unspecified atom stereocenters. The number of carbonyl (C=O) groups excluding carboxylic acids is 1. The van der Waals surface area contributed by atoms with E-state index >= 15 is 0 Å². The smallest absolute Gasteiger partial charge is 0.240 e. The second kappa shape index (κ2) is 11.7. The van der Waals surface area contributed by atoms with Crippen LogP contribution in [0.5, 0.6) is 5.75 Å². The highest BCUT2D eigenvalue weighted by Gasteiger charge is 2.35. The van der Waals surface area contributed by atoms with Crippen LogP contribution in [0.3, 0.4) is 0 Å². The van der Waals surface area contributed by atoms with E-state index in [2.05, 4.69) is 10.2 Å². The molecule has 0 spiro atoms. The van der Waals surface area contributed by atoms with Crippen LogP contribution in [0.25, 0.3) is 0 Å².